The topological polar surface area (TPSA) is 55.1 Å². The van der Waals surface area contributed by atoms with Crippen molar-refractivity contribution in [2.75, 3.05) is 0 Å². The van der Waals surface area contributed by atoms with Crippen molar-refractivity contribution in [3.05, 3.63) is 18.5 Å². The van der Waals surface area contributed by atoms with Crippen molar-refractivity contribution in [3.8, 4) is 0 Å². The zero-order valence-electron chi connectivity index (χ0n) is 7.97. The number of hydrogen-bond donors (Lipinski definition) is 1. The molecule has 1 aromatic heterocycles. The van der Waals surface area contributed by atoms with Crippen LogP contribution < -0.4 is 0 Å². The smallest absolute Gasteiger partial charge is 0.308 e. The van der Waals surface area contributed by atoms with Crippen LogP contribution in [0, 0.1) is 5.92 Å². The number of nitrogens with zero attached hydrogens (tertiary/aromatic N) is 2. The van der Waals surface area contributed by atoms with E-state index in [2.05, 4.69) is 5.10 Å². The average molecular weight is 194 g/mol. The molecule has 0 bridgehead atoms. The normalized spacial score (nSPS) is 27.4. The maximum atomic E-state index is 11.0. The van der Waals surface area contributed by atoms with Gasteiger partial charge >= 0.3 is 5.97 Å². The molecule has 76 valence electrons. The highest BCUT2D eigenvalue weighted by molar-refractivity contribution is 5.70. The van der Waals surface area contributed by atoms with Gasteiger partial charge in [-0.15, -0.1) is 0 Å². The summed E-state index contributed by atoms with van der Waals surface area (Å²) in [5, 5.41) is 13.2. The molecule has 0 radical (unpaired) electrons. The molecular formula is C10H14N2O2. The zero-order valence-corrected chi connectivity index (χ0v) is 7.97. The lowest BCUT2D eigenvalue weighted by atomic mass is 9.85. The Balaban J connectivity index is 2.18. The third-order valence-corrected chi connectivity index (χ3v) is 2.91. The van der Waals surface area contributed by atoms with Gasteiger partial charge in [-0.25, -0.2) is 0 Å². The fourth-order valence-electron chi connectivity index (χ4n) is 2.19. The van der Waals surface area contributed by atoms with Crippen molar-refractivity contribution in [1.29, 1.82) is 0 Å². The first-order valence-corrected chi connectivity index (χ1v) is 5.01. The highest BCUT2D eigenvalue weighted by Crippen LogP contribution is 2.33. The van der Waals surface area contributed by atoms with Crippen LogP contribution in [-0.2, 0) is 4.79 Å². The van der Waals surface area contributed by atoms with Crippen LogP contribution in [0.3, 0.4) is 0 Å². The number of hydrogen-bond acceptors (Lipinski definition) is 2. The van der Waals surface area contributed by atoms with E-state index in [1.807, 2.05) is 12.3 Å². The summed E-state index contributed by atoms with van der Waals surface area (Å²) in [4.78, 5) is 11.0. The molecule has 1 heterocycles. The third kappa shape index (κ3) is 1.64. The summed E-state index contributed by atoms with van der Waals surface area (Å²) in [5.74, 6) is -0.950. The Morgan fingerprint density at radius 3 is 2.86 bits per heavy atom. The van der Waals surface area contributed by atoms with Crippen molar-refractivity contribution in [2.24, 2.45) is 5.92 Å². The van der Waals surface area contributed by atoms with Crippen molar-refractivity contribution >= 4 is 5.97 Å². The van der Waals surface area contributed by atoms with Crippen molar-refractivity contribution in [1.82, 2.24) is 9.78 Å². The highest BCUT2D eigenvalue weighted by Gasteiger charge is 2.32. The molecule has 0 aromatic carbocycles. The molecule has 0 spiro atoms. The number of carboxylic acids is 1. The molecule has 1 aromatic rings. The van der Waals surface area contributed by atoms with Crippen LogP contribution in [0.25, 0.3) is 0 Å². The SMILES string of the molecule is O=C(O)[C@H]1CCCC[C@@H]1n1cccn1. The van der Waals surface area contributed by atoms with E-state index >= 15 is 0 Å². The summed E-state index contributed by atoms with van der Waals surface area (Å²) in [6.07, 6.45) is 7.39. The van der Waals surface area contributed by atoms with Gasteiger partial charge in [-0.3, -0.25) is 9.48 Å². The van der Waals surface area contributed by atoms with E-state index in [1.165, 1.54) is 0 Å². The quantitative estimate of drug-likeness (QED) is 0.779. The molecule has 2 rings (SSSR count). The fourth-order valence-corrected chi connectivity index (χ4v) is 2.19. The van der Waals surface area contributed by atoms with Gasteiger partial charge < -0.3 is 5.11 Å². The third-order valence-electron chi connectivity index (χ3n) is 2.91. The molecule has 4 nitrogen and oxygen atoms in total. The van der Waals surface area contributed by atoms with Gasteiger partial charge in [0.05, 0.1) is 12.0 Å². The lowest BCUT2D eigenvalue weighted by Crippen LogP contribution is -2.29. The first kappa shape index (κ1) is 9.24. The van der Waals surface area contributed by atoms with Crippen molar-refractivity contribution in [2.45, 2.75) is 31.7 Å². The van der Waals surface area contributed by atoms with E-state index in [0.717, 1.165) is 25.7 Å². The number of carboxylic acid groups (broad SMARTS) is 1. The predicted octanol–water partition coefficient (Wildman–Crippen LogP) is 1.70. The number of aromatic nitrogens is 2. The van der Waals surface area contributed by atoms with Crippen LogP contribution in [0.15, 0.2) is 18.5 Å². The molecule has 4 heteroatoms. The van der Waals surface area contributed by atoms with Crippen LogP contribution in [0.5, 0.6) is 0 Å². The number of rotatable bonds is 2. The van der Waals surface area contributed by atoms with E-state index in [4.69, 9.17) is 5.11 Å². The minimum Gasteiger partial charge on any atom is -0.481 e. The molecule has 1 N–H and O–H groups in total. The molecule has 0 amide bonds. The fraction of sp³-hybridized carbons (Fsp3) is 0.600. The monoisotopic (exact) mass is 194 g/mol. The van der Waals surface area contributed by atoms with Crippen LogP contribution in [0.2, 0.25) is 0 Å². The van der Waals surface area contributed by atoms with Crippen molar-refractivity contribution < 1.29 is 9.90 Å². The Kier molecular flexibility index (Phi) is 2.52. The summed E-state index contributed by atoms with van der Waals surface area (Å²) in [5.41, 5.74) is 0. The van der Waals surface area contributed by atoms with E-state index in [-0.39, 0.29) is 12.0 Å². The van der Waals surface area contributed by atoms with Gasteiger partial charge in [-0.05, 0) is 18.9 Å². The summed E-state index contributed by atoms with van der Waals surface area (Å²) in [6, 6.07) is 1.89. The van der Waals surface area contributed by atoms with Crippen LogP contribution >= 0.6 is 0 Å². The minimum atomic E-state index is -0.690. The molecule has 1 fully saturated rings. The average Bonchev–Trinajstić information content (AvgIpc) is 2.70. The van der Waals surface area contributed by atoms with Crippen LogP contribution in [0.4, 0.5) is 0 Å². The second-order valence-electron chi connectivity index (χ2n) is 3.78. The van der Waals surface area contributed by atoms with Gasteiger partial charge in [-0.1, -0.05) is 12.8 Å². The molecule has 0 saturated heterocycles. The van der Waals surface area contributed by atoms with E-state index in [1.54, 1.807) is 10.9 Å². The zero-order chi connectivity index (χ0) is 9.97. The molecule has 2 atom stereocenters. The lowest BCUT2D eigenvalue weighted by Gasteiger charge is -2.28. The Morgan fingerprint density at radius 1 is 1.43 bits per heavy atom. The largest absolute Gasteiger partial charge is 0.481 e. The van der Waals surface area contributed by atoms with Gasteiger partial charge in [0.15, 0.2) is 0 Å². The Hall–Kier alpha value is -1.32. The van der Waals surface area contributed by atoms with E-state index in [0.29, 0.717) is 0 Å². The maximum Gasteiger partial charge on any atom is 0.308 e. The first-order chi connectivity index (χ1) is 6.79. The molecule has 1 saturated carbocycles. The second-order valence-corrected chi connectivity index (χ2v) is 3.78. The van der Waals surface area contributed by atoms with Crippen molar-refractivity contribution in [3.63, 3.8) is 0 Å². The molecule has 1 aliphatic rings. The van der Waals surface area contributed by atoms with Gasteiger partial charge in [0.1, 0.15) is 0 Å². The molecule has 14 heavy (non-hydrogen) atoms. The molecule has 1 aliphatic carbocycles. The minimum absolute atomic E-state index is 0.0521. The summed E-state index contributed by atoms with van der Waals surface area (Å²) in [6.45, 7) is 0. The van der Waals surface area contributed by atoms with Gasteiger partial charge in [0.25, 0.3) is 0 Å². The van der Waals surface area contributed by atoms with E-state index in [9.17, 15) is 4.79 Å². The predicted molar refractivity (Wildman–Crippen MR) is 50.9 cm³/mol. The molecule has 0 unspecified atom stereocenters. The van der Waals surface area contributed by atoms with Crippen LogP contribution in [0.1, 0.15) is 31.7 Å². The van der Waals surface area contributed by atoms with E-state index < -0.39 is 5.97 Å². The van der Waals surface area contributed by atoms with Gasteiger partial charge in [-0.2, -0.15) is 5.10 Å². The van der Waals surface area contributed by atoms with Gasteiger partial charge in [0, 0.05) is 12.4 Å². The van der Waals surface area contributed by atoms with Crippen LogP contribution in [-0.4, -0.2) is 20.9 Å². The maximum absolute atomic E-state index is 11.0. The molecular weight excluding hydrogens is 180 g/mol. The Labute approximate surface area is 82.5 Å². The highest BCUT2D eigenvalue weighted by atomic mass is 16.4. The number of aliphatic carboxylic acids is 1. The van der Waals surface area contributed by atoms with Gasteiger partial charge in [0.2, 0.25) is 0 Å². The second kappa shape index (κ2) is 3.82. The summed E-state index contributed by atoms with van der Waals surface area (Å²) in [7, 11) is 0. The Morgan fingerprint density at radius 2 is 2.21 bits per heavy atom. The Bertz CT molecular complexity index is 308. The summed E-state index contributed by atoms with van der Waals surface area (Å²) < 4.78 is 1.79. The first-order valence-electron chi connectivity index (χ1n) is 5.01. The number of carbonyl (C=O) groups is 1. The summed E-state index contributed by atoms with van der Waals surface area (Å²) >= 11 is 0. The molecule has 0 aliphatic heterocycles. The lowest BCUT2D eigenvalue weighted by molar-refractivity contribution is -0.144. The standard InChI is InChI=1S/C10H14N2O2/c13-10(14)8-4-1-2-5-9(8)12-7-3-6-11-12/h3,6-9H,1-2,4-5H2,(H,13,14)/t8-,9-/m0/s1.